The molecule has 3 aromatic carbocycles. The van der Waals surface area contributed by atoms with Crippen molar-refractivity contribution in [2.24, 2.45) is 0 Å². The molecule has 5 heteroatoms. The molecule has 3 aromatic rings. The van der Waals surface area contributed by atoms with Crippen LogP contribution in [-0.4, -0.2) is 42.3 Å². The van der Waals surface area contributed by atoms with Gasteiger partial charge in [0.25, 0.3) is 5.91 Å². The average Bonchev–Trinajstić information content (AvgIpc) is 2.86. The first-order valence-electron chi connectivity index (χ1n) is 12.2. The molecule has 1 amide bonds. The van der Waals surface area contributed by atoms with Gasteiger partial charge in [-0.2, -0.15) is 0 Å². The van der Waals surface area contributed by atoms with Gasteiger partial charge >= 0.3 is 0 Å². The number of nitrogens with zero attached hydrogens (tertiary/aromatic N) is 1. The summed E-state index contributed by atoms with van der Waals surface area (Å²) >= 11 is 0. The van der Waals surface area contributed by atoms with Crippen molar-refractivity contribution in [1.82, 2.24) is 4.90 Å². The van der Waals surface area contributed by atoms with Crippen LogP contribution in [0.2, 0.25) is 0 Å². The zero-order chi connectivity index (χ0) is 25.4. The SMILES string of the molecule is COc1ccc(NC(=O)c2ccc(C(=O)c3ccccc3)cc2)cc1CCCN(C(C)C)C(C)C. The highest BCUT2D eigenvalue weighted by atomic mass is 16.5. The minimum absolute atomic E-state index is 0.0640. The molecule has 184 valence electrons. The summed E-state index contributed by atoms with van der Waals surface area (Å²) in [5.41, 5.74) is 3.47. The third-order valence-corrected chi connectivity index (χ3v) is 6.17. The van der Waals surface area contributed by atoms with E-state index in [9.17, 15) is 9.59 Å². The predicted molar refractivity (Wildman–Crippen MR) is 143 cm³/mol. The van der Waals surface area contributed by atoms with Gasteiger partial charge in [0.15, 0.2) is 5.78 Å². The number of hydrogen-bond donors (Lipinski definition) is 1. The molecule has 3 rings (SSSR count). The standard InChI is InChI=1S/C30H36N2O3/c1-21(2)32(22(3)4)19-9-12-26-20-27(17-18-28(26)35-5)31-30(34)25-15-13-24(14-16-25)29(33)23-10-7-6-8-11-23/h6-8,10-11,13-18,20-22H,9,12,19H2,1-5H3,(H,31,34). The Morgan fingerprint density at radius 3 is 2.03 bits per heavy atom. The minimum Gasteiger partial charge on any atom is -0.496 e. The second-order valence-electron chi connectivity index (χ2n) is 9.28. The van der Waals surface area contributed by atoms with Crippen LogP contribution in [0.25, 0.3) is 0 Å². The number of rotatable bonds is 11. The monoisotopic (exact) mass is 472 g/mol. The van der Waals surface area contributed by atoms with Gasteiger partial charge in [0.05, 0.1) is 7.11 Å². The molecule has 0 aromatic heterocycles. The first kappa shape index (κ1) is 26.2. The van der Waals surface area contributed by atoms with Crippen molar-refractivity contribution in [1.29, 1.82) is 0 Å². The fraction of sp³-hybridized carbons (Fsp3) is 0.333. The molecular weight excluding hydrogens is 436 g/mol. The van der Waals surface area contributed by atoms with Crippen LogP contribution in [0.1, 0.15) is 66.0 Å². The summed E-state index contributed by atoms with van der Waals surface area (Å²) < 4.78 is 5.56. The Labute approximate surface area is 209 Å². The van der Waals surface area contributed by atoms with E-state index in [1.807, 2.05) is 36.4 Å². The number of methoxy groups -OCH3 is 1. The van der Waals surface area contributed by atoms with Gasteiger partial charge in [-0.3, -0.25) is 14.5 Å². The van der Waals surface area contributed by atoms with E-state index >= 15 is 0 Å². The number of nitrogens with one attached hydrogen (secondary N) is 1. The molecule has 0 aliphatic rings. The highest BCUT2D eigenvalue weighted by Crippen LogP contribution is 2.25. The van der Waals surface area contributed by atoms with Gasteiger partial charge in [0.2, 0.25) is 0 Å². The van der Waals surface area contributed by atoms with Crippen molar-refractivity contribution in [3.05, 3.63) is 95.1 Å². The summed E-state index contributed by atoms with van der Waals surface area (Å²) in [6.45, 7) is 9.90. The molecule has 5 nitrogen and oxygen atoms in total. The molecule has 0 aliphatic heterocycles. The van der Waals surface area contributed by atoms with E-state index in [1.165, 1.54) is 0 Å². The fourth-order valence-electron chi connectivity index (χ4n) is 4.35. The number of aryl methyl sites for hydroxylation is 1. The first-order chi connectivity index (χ1) is 16.8. The lowest BCUT2D eigenvalue weighted by atomic mass is 10.0. The number of carbonyl (C=O) groups excluding carboxylic acids is 2. The predicted octanol–water partition coefficient (Wildman–Crippen LogP) is 6.23. The molecule has 0 bridgehead atoms. The number of anilines is 1. The molecule has 0 atom stereocenters. The van der Waals surface area contributed by atoms with Gasteiger partial charge < -0.3 is 10.1 Å². The van der Waals surface area contributed by atoms with E-state index in [2.05, 4.69) is 37.9 Å². The van der Waals surface area contributed by atoms with Gasteiger partial charge in [-0.1, -0.05) is 42.5 Å². The third-order valence-electron chi connectivity index (χ3n) is 6.17. The normalized spacial score (nSPS) is 11.2. The number of hydrogen-bond acceptors (Lipinski definition) is 4. The van der Waals surface area contributed by atoms with E-state index in [4.69, 9.17) is 4.74 Å². The summed E-state index contributed by atoms with van der Waals surface area (Å²) in [5, 5.41) is 2.98. The Balaban J connectivity index is 1.66. The lowest BCUT2D eigenvalue weighted by Crippen LogP contribution is -2.37. The highest BCUT2D eigenvalue weighted by Gasteiger charge is 2.15. The fourth-order valence-corrected chi connectivity index (χ4v) is 4.35. The molecule has 35 heavy (non-hydrogen) atoms. The van der Waals surface area contributed by atoms with Crippen LogP contribution in [0.15, 0.2) is 72.8 Å². The summed E-state index contributed by atoms with van der Waals surface area (Å²) in [4.78, 5) is 27.9. The molecule has 0 radical (unpaired) electrons. The number of amides is 1. The molecule has 0 unspecified atom stereocenters. The molecule has 0 fully saturated rings. The second-order valence-corrected chi connectivity index (χ2v) is 9.28. The number of ether oxygens (including phenoxy) is 1. The average molecular weight is 473 g/mol. The number of ketones is 1. The molecule has 0 heterocycles. The topological polar surface area (TPSA) is 58.6 Å². The van der Waals surface area contributed by atoms with Crippen molar-refractivity contribution in [2.75, 3.05) is 19.0 Å². The maximum Gasteiger partial charge on any atom is 0.255 e. The molecule has 0 spiro atoms. The maximum atomic E-state index is 12.9. The van der Waals surface area contributed by atoms with Gasteiger partial charge in [-0.25, -0.2) is 0 Å². The molecule has 0 aliphatic carbocycles. The minimum atomic E-state index is -0.217. The summed E-state index contributed by atoms with van der Waals surface area (Å²) in [6, 6.07) is 22.6. The smallest absolute Gasteiger partial charge is 0.255 e. The van der Waals surface area contributed by atoms with E-state index in [1.54, 1.807) is 43.5 Å². The molecule has 0 saturated carbocycles. The quantitative estimate of drug-likeness (QED) is 0.336. The van der Waals surface area contributed by atoms with Crippen molar-refractivity contribution < 1.29 is 14.3 Å². The van der Waals surface area contributed by atoms with Crippen LogP contribution in [0.3, 0.4) is 0 Å². The van der Waals surface area contributed by atoms with Gasteiger partial charge in [0, 0.05) is 34.5 Å². The summed E-state index contributed by atoms with van der Waals surface area (Å²) in [5.74, 6) is 0.545. The van der Waals surface area contributed by atoms with Gasteiger partial charge in [-0.05, 0) is 83.0 Å². The lowest BCUT2D eigenvalue weighted by Gasteiger charge is -2.30. The van der Waals surface area contributed by atoms with Gasteiger partial charge in [0.1, 0.15) is 5.75 Å². The Bertz CT molecular complexity index is 1110. The Kier molecular flexibility index (Phi) is 9.21. The van der Waals surface area contributed by atoms with Gasteiger partial charge in [-0.15, -0.1) is 0 Å². The number of benzene rings is 3. The zero-order valence-electron chi connectivity index (χ0n) is 21.4. The van der Waals surface area contributed by atoms with Crippen LogP contribution in [0, 0.1) is 0 Å². The van der Waals surface area contributed by atoms with Crippen molar-refractivity contribution >= 4 is 17.4 Å². The van der Waals surface area contributed by atoms with Crippen LogP contribution in [0.4, 0.5) is 5.69 Å². The maximum absolute atomic E-state index is 12.9. The Hall–Kier alpha value is -3.44. The third kappa shape index (κ3) is 7.03. The molecule has 0 saturated heterocycles. The van der Waals surface area contributed by atoms with E-state index in [0.29, 0.717) is 28.8 Å². The second kappa shape index (κ2) is 12.3. The summed E-state index contributed by atoms with van der Waals surface area (Å²) in [7, 11) is 1.67. The van der Waals surface area contributed by atoms with Crippen LogP contribution in [0.5, 0.6) is 5.75 Å². The largest absolute Gasteiger partial charge is 0.496 e. The van der Waals surface area contributed by atoms with E-state index < -0.39 is 0 Å². The zero-order valence-corrected chi connectivity index (χ0v) is 21.4. The highest BCUT2D eigenvalue weighted by molar-refractivity contribution is 6.10. The molecule has 1 N–H and O–H groups in total. The van der Waals surface area contributed by atoms with Crippen molar-refractivity contribution in [2.45, 2.75) is 52.6 Å². The van der Waals surface area contributed by atoms with Crippen molar-refractivity contribution in [3.63, 3.8) is 0 Å². The van der Waals surface area contributed by atoms with E-state index in [-0.39, 0.29) is 11.7 Å². The summed E-state index contributed by atoms with van der Waals surface area (Å²) in [6.07, 6.45) is 1.86. The van der Waals surface area contributed by atoms with Crippen LogP contribution in [-0.2, 0) is 6.42 Å². The van der Waals surface area contributed by atoms with Crippen molar-refractivity contribution in [3.8, 4) is 5.75 Å². The first-order valence-corrected chi connectivity index (χ1v) is 12.2. The van der Waals surface area contributed by atoms with Crippen LogP contribution < -0.4 is 10.1 Å². The Morgan fingerprint density at radius 1 is 0.829 bits per heavy atom. The molecular formula is C30H36N2O3. The van der Waals surface area contributed by atoms with E-state index in [0.717, 1.165) is 36.4 Å². The Morgan fingerprint density at radius 2 is 1.43 bits per heavy atom. The number of carbonyl (C=O) groups is 2. The lowest BCUT2D eigenvalue weighted by molar-refractivity contribution is 0.102. The van der Waals surface area contributed by atoms with Crippen LogP contribution >= 0.6 is 0 Å².